The van der Waals surface area contributed by atoms with Crippen LogP contribution in [0.3, 0.4) is 0 Å². The van der Waals surface area contributed by atoms with Gasteiger partial charge in [0.25, 0.3) is 0 Å². The molecule has 72 valence electrons. The first-order valence-electron chi connectivity index (χ1n) is 3.95. The highest BCUT2D eigenvalue weighted by Gasteiger charge is 2.14. The van der Waals surface area contributed by atoms with E-state index in [2.05, 4.69) is 9.72 Å². The molecule has 0 aliphatic carbocycles. The summed E-state index contributed by atoms with van der Waals surface area (Å²) in [5.41, 5.74) is 2.14. The van der Waals surface area contributed by atoms with Gasteiger partial charge in [-0.1, -0.05) is 0 Å². The zero-order chi connectivity index (χ0) is 9.68. The molecule has 4 nitrogen and oxygen atoms in total. The third-order valence-corrected chi connectivity index (χ3v) is 2.06. The maximum Gasteiger partial charge on any atom is 0.308 e. The molecular formula is C8H11NO3S. The second-order valence-electron chi connectivity index (χ2n) is 2.44. The zero-order valence-corrected chi connectivity index (χ0v) is 8.08. The van der Waals surface area contributed by atoms with Gasteiger partial charge in [0.05, 0.1) is 24.2 Å². The second kappa shape index (κ2) is 4.94. The number of carbonyl (C=O) groups is 1. The van der Waals surface area contributed by atoms with Crippen LogP contribution in [-0.2, 0) is 9.53 Å². The van der Waals surface area contributed by atoms with Gasteiger partial charge < -0.3 is 9.84 Å². The van der Waals surface area contributed by atoms with E-state index >= 15 is 0 Å². The number of aromatic nitrogens is 1. The van der Waals surface area contributed by atoms with E-state index in [9.17, 15) is 9.90 Å². The molecule has 0 bridgehead atoms. The van der Waals surface area contributed by atoms with Crippen molar-refractivity contribution in [2.75, 3.05) is 6.61 Å². The van der Waals surface area contributed by atoms with Gasteiger partial charge in [0.15, 0.2) is 0 Å². The van der Waals surface area contributed by atoms with E-state index in [1.54, 1.807) is 17.8 Å². The minimum atomic E-state index is -0.842. The second-order valence-corrected chi connectivity index (χ2v) is 3.16. The summed E-state index contributed by atoms with van der Waals surface area (Å²) in [4.78, 5) is 14.8. The highest BCUT2D eigenvalue weighted by molar-refractivity contribution is 7.07. The molecule has 1 atom stereocenters. The van der Waals surface area contributed by atoms with Crippen molar-refractivity contribution in [2.24, 2.45) is 0 Å². The maximum absolute atomic E-state index is 10.9. The number of thiazole rings is 1. The minimum absolute atomic E-state index is 0.0302. The van der Waals surface area contributed by atoms with E-state index in [-0.39, 0.29) is 6.42 Å². The predicted molar refractivity (Wildman–Crippen MR) is 48.3 cm³/mol. The van der Waals surface area contributed by atoms with Crippen molar-refractivity contribution in [1.29, 1.82) is 0 Å². The Morgan fingerprint density at radius 1 is 1.85 bits per heavy atom. The summed E-state index contributed by atoms with van der Waals surface area (Å²) in [6, 6.07) is 0. The average Bonchev–Trinajstić information content (AvgIpc) is 2.55. The van der Waals surface area contributed by atoms with Gasteiger partial charge in [-0.15, -0.1) is 11.3 Å². The fourth-order valence-corrected chi connectivity index (χ4v) is 1.47. The first kappa shape index (κ1) is 10.1. The van der Waals surface area contributed by atoms with Gasteiger partial charge in [-0.2, -0.15) is 0 Å². The summed E-state index contributed by atoms with van der Waals surface area (Å²) in [5, 5.41) is 11.2. The molecule has 13 heavy (non-hydrogen) atoms. The summed E-state index contributed by atoms with van der Waals surface area (Å²) in [6.07, 6.45) is -0.873. The quantitative estimate of drug-likeness (QED) is 0.742. The molecule has 0 fully saturated rings. The van der Waals surface area contributed by atoms with Crippen LogP contribution in [-0.4, -0.2) is 22.7 Å². The Hall–Kier alpha value is -0.940. The number of esters is 1. The molecule has 1 aromatic rings. The molecule has 1 unspecified atom stereocenters. The monoisotopic (exact) mass is 201 g/mol. The molecule has 1 rings (SSSR count). The van der Waals surface area contributed by atoms with Gasteiger partial charge in [-0.25, -0.2) is 4.98 Å². The Balaban J connectivity index is 2.42. The van der Waals surface area contributed by atoms with Crippen molar-refractivity contribution in [3.63, 3.8) is 0 Å². The van der Waals surface area contributed by atoms with Crippen LogP contribution >= 0.6 is 11.3 Å². The Bertz CT molecular complexity index is 260. The van der Waals surface area contributed by atoms with E-state index in [1.165, 1.54) is 11.3 Å². The molecular weight excluding hydrogens is 190 g/mol. The smallest absolute Gasteiger partial charge is 0.308 e. The van der Waals surface area contributed by atoms with Crippen LogP contribution < -0.4 is 0 Å². The van der Waals surface area contributed by atoms with Crippen LogP contribution in [0.15, 0.2) is 10.9 Å². The molecule has 0 aliphatic rings. The standard InChI is InChI=1S/C8H11NO3S/c1-2-12-8(11)3-7(10)6-4-13-5-9-6/h4-5,7,10H,2-3H2,1H3. The number of rotatable bonds is 4. The first-order chi connectivity index (χ1) is 6.24. The van der Waals surface area contributed by atoms with Crippen molar-refractivity contribution in [2.45, 2.75) is 19.4 Å². The molecule has 0 aromatic carbocycles. The van der Waals surface area contributed by atoms with Crippen LogP contribution in [0.2, 0.25) is 0 Å². The van der Waals surface area contributed by atoms with Gasteiger partial charge in [0.1, 0.15) is 6.10 Å². The molecule has 1 aromatic heterocycles. The number of ether oxygens (including phenoxy) is 1. The highest BCUT2D eigenvalue weighted by atomic mass is 32.1. The zero-order valence-electron chi connectivity index (χ0n) is 7.27. The van der Waals surface area contributed by atoms with Gasteiger partial charge in [-0.3, -0.25) is 4.79 Å². The molecule has 0 saturated heterocycles. The van der Waals surface area contributed by atoms with Gasteiger partial charge >= 0.3 is 5.97 Å². The van der Waals surface area contributed by atoms with Crippen molar-refractivity contribution < 1.29 is 14.6 Å². The summed E-state index contributed by atoms with van der Waals surface area (Å²) in [5.74, 6) is -0.400. The lowest BCUT2D eigenvalue weighted by molar-refractivity contribution is -0.145. The third kappa shape index (κ3) is 3.12. The fourth-order valence-electron chi connectivity index (χ4n) is 0.869. The molecule has 1 N–H and O–H groups in total. The van der Waals surface area contributed by atoms with Crippen molar-refractivity contribution >= 4 is 17.3 Å². The number of aliphatic hydroxyl groups is 1. The predicted octanol–water partition coefficient (Wildman–Crippen LogP) is 1.13. The van der Waals surface area contributed by atoms with Gasteiger partial charge in [0.2, 0.25) is 0 Å². The normalized spacial score (nSPS) is 12.5. The number of hydrogen-bond donors (Lipinski definition) is 1. The van der Waals surface area contributed by atoms with Crippen molar-refractivity contribution in [3.05, 3.63) is 16.6 Å². The lowest BCUT2D eigenvalue weighted by atomic mass is 10.2. The van der Waals surface area contributed by atoms with Crippen LogP contribution in [0, 0.1) is 0 Å². The molecule has 0 radical (unpaired) electrons. The van der Waals surface area contributed by atoms with Crippen molar-refractivity contribution in [1.82, 2.24) is 4.98 Å². The number of nitrogens with zero attached hydrogens (tertiary/aromatic N) is 1. The molecule has 5 heteroatoms. The summed E-state index contributed by atoms with van der Waals surface area (Å²) < 4.78 is 4.69. The summed E-state index contributed by atoms with van der Waals surface area (Å²) >= 11 is 1.39. The Labute approximate surface area is 80.2 Å². The molecule has 0 aliphatic heterocycles. The third-order valence-electron chi connectivity index (χ3n) is 1.46. The molecule has 0 saturated carbocycles. The number of aliphatic hydroxyl groups excluding tert-OH is 1. The Kier molecular flexibility index (Phi) is 3.85. The van der Waals surface area contributed by atoms with Gasteiger partial charge in [-0.05, 0) is 6.92 Å². The first-order valence-corrected chi connectivity index (χ1v) is 4.90. The number of carbonyl (C=O) groups excluding carboxylic acids is 1. The number of hydrogen-bond acceptors (Lipinski definition) is 5. The maximum atomic E-state index is 10.9. The van der Waals surface area contributed by atoms with Crippen LogP contribution in [0.5, 0.6) is 0 Å². The SMILES string of the molecule is CCOC(=O)CC(O)c1cscn1. The molecule has 0 spiro atoms. The van der Waals surface area contributed by atoms with E-state index in [4.69, 9.17) is 0 Å². The van der Waals surface area contributed by atoms with Crippen LogP contribution in [0.4, 0.5) is 0 Å². The lowest BCUT2D eigenvalue weighted by Crippen LogP contribution is -2.10. The van der Waals surface area contributed by atoms with E-state index in [0.29, 0.717) is 12.3 Å². The van der Waals surface area contributed by atoms with E-state index < -0.39 is 12.1 Å². The Morgan fingerprint density at radius 3 is 3.15 bits per heavy atom. The van der Waals surface area contributed by atoms with E-state index in [0.717, 1.165) is 0 Å². The topological polar surface area (TPSA) is 59.4 Å². The molecule has 0 amide bonds. The van der Waals surface area contributed by atoms with Crippen LogP contribution in [0.25, 0.3) is 0 Å². The summed E-state index contributed by atoms with van der Waals surface area (Å²) in [7, 11) is 0. The minimum Gasteiger partial charge on any atom is -0.466 e. The molecule has 1 heterocycles. The highest BCUT2D eigenvalue weighted by Crippen LogP contribution is 2.16. The lowest BCUT2D eigenvalue weighted by Gasteiger charge is -2.06. The van der Waals surface area contributed by atoms with Gasteiger partial charge in [0, 0.05) is 5.38 Å². The largest absolute Gasteiger partial charge is 0.466 e. The fraction of sp³-hybridized carbons (Fsp3) is 0.500. The van der Waals surface area contributed by atoms with Crippen molar-refractivity contribution in [3.8, 4) is 0 Å². The Morgan fingerprint density at radius 2 is 2.62 bits per heavy atom. The summed E-state index contributed by atoms with van der Waals surface area (Å²) in [6.45, 7) is 2.07. The van der Waals surface area contributed by atoms with Crippen LogP contribution in [0.1, 0.15) is 25.1 Å². The van der Waals surface area contributed by atoms with E-state index in [1.807, 2.05) is 0 Å². The average molecular weight is 201 g/mol.